The number of carbonyl (C=O) groups excluding carboxylic acids is 2. The van der Waals surface area contributed by atoms with E-state index in [0.717, 1.165) is 9.75 Å². The van der Waals surface area contributed by atoms with Crippen molar-refractivity contribution in [2.45, 2.75) is 12.8 Å². The molecule has 0 aliphatic carbocycles. The summed E-state index contributed by atoms with van der Waals surface area (Å²) in [6, 6.07) is 7.41. The van der Waals surface area contributed by atoms with Crippen molar-refractivity contribution in [3.63, 3.8) is 0 Å². The molecule has 2 aromatic rings. The number of thiophene rings is 2. The van der Waals surface area contributed by atoms with Gasteiger partial charge in [-0.15, -0.1) is 22.7 Å². The number of hydrogen-bond acceptors (Lipinski definition) is 5. The molecule has 0 aliphatic heterocycles. The molecule has 2 rings (SSSR count). The predicted molar refractivity (Wildman–Crippen MR) is 67.1 cm³/mol. The quantitative estimate of drug-likeness (QED) is 0.631. The molecule has 0 unspecified atom stereocenters. The molecule has 0 aliphatic rings. The Bertz CT molecular complexity index is 440. The van der Waals surface area contributed by atoms with Gasteiger partial charge in [0.25, 0.3) is 0 Å². The van der Waals surface area contributed by atoms with Crippen LogP contribution in [0.1, 0.15) is 9.75 Å². The van der Waals surface area contributed by atoms with E-state index in [0.29, 0.717) is 0 Å². The first-order chi connectivity index (χ1) is 8.24. The lowest BCUT2D eigenvalue weighted by atomic mass is 10.3. The number of carbonyl (C=O) groups is 2. The summed E-state index contributed by atoms with van der Waals surface area (Å²) in [6.45, 7) is 0. The number of hydrogen-bond donors (Lipinski definition) is 0. The van der Waals surface area contributed by atoms with Gasteiger partial charge in [0.1, 0.15) is 0 Å². The zero-order valence-electron chi connectivity index (χ0n) is 8.92. The first-order valence-corrected chi connectivity index (χ1v) is 6.78. The topological polar surface area (TPSA) is 43.4 Å². The number of ether oxygens (including phenoxy) is 1. The number of esters is 2. The largest absolute Gasteiger partial charge is 0.393 e. The Morgan fingerprint density at radius 2 is 1.41 bits per heavy atom. The maximum Gasteiger partial charge on any atom is 0.318 e. The van der Waals surface area contributed by atoms with Crippen LogP contribution in [0.25, 0.3) is 0 Å². The second-order valence-electron chi connectivity index (χ2n) is 3.36. The molecule has 0 atom stereocenters. The van der Waals surface area contributed by atoms with Gasteiger partial charge in [-0.2, -0.15) is 0 Å². The van der Waals surface area contributed by atoms with E-state index in [9.17, 15) is 9.59 Å². The van der Waals surface area contributed by atoms with Crippen molar-refractivity contribution in [2.24, 2.45) is 0 Å². The second kappa shape index (κ2) is 5.75. The zero-order chi connectivity index (χ0) is 12.1. The van der Waals surface area contributed by atoms with E-state index < -0.39 is 11.9 Å². The van der Waals surface area contributed by atoms with Gasteiger partial charge in [-0.25, -0.2) is 0 Å². The van der Waals surface area contributed by atoms with Crippen LogP contribution in [-0.4, -0.2) is 11.9 Å². The van der Waals surface area contributed by atoms with Crippen LogP contribution < -0.4 is 0 Å². The summed E-state index contributed by atoms with van der Waals surface area (Å²) >= 11 is 2.95. The second-order valence-corrected chi connectivity index (χ2v) is 5.42. The van der Waals surface area contributed by atoms with Crippen LogP contribution in [-0.2, 0) is 27.2 Å². The Labute approximate surface area is 107 Å². The fourth-order valence-electron chi connectivity index (χ4n) is 1.31. The Morgan fingerprint density at radius 1 is 0.941 bits per heavy atom. The van der Waals surface area contributed by atoms with E-state index in [2.05, 4.69) is 0 Å². The van der Waals surface area contributed by atoms with Gasteiger partial charge in [0.2, 0.25) is 0 Å². The fraction of sp³-hybridized carbons (Fsp3) is 0.167. The summed E-state index contributed by atoms with van der Waals surface area (Å²) in [5, 5.41) is 3.77. The van der Waals surface area contributed by atoms with Crippen LogP contribution in [0.2, 0.25) is 0 Å². The van der Waals surface area contributed by atoms with Crippen molar-refractivity contribution in [2.75, 3.05) is 0 Å². The highest BCUT2D eigenvalue weighted by molar-refractivity contribution is 7.10. The first kappa shape index (κ1) is 12.0. The molecule has 0 fully saturated rings. The van der Waals surface area contributed by atoms with Crippen molar-refractivity contribution >= 4 is 34.6 Å². The van der Waals surface area contributed by atoms with Gasteiger partial charge in [0.15, 0.2) is 0 Å². The van der Waals surface area contributed by atoms with Gasteiger partial charge in [-0.05, 0) is 22.9 Å². The summed E-state index contributed by atoms with van der Waals surface area (Å²) in [4.78, 5) is 24.6. The molecule has 3 nitrogen and oxygen atoms in total. The maximum atomic E-state index is 11.4. The summed E-state index contributed by atoms with van der Waals surface area (Å²) in [6.07, 6.45) is 0.321. The van der Waals surface area contributed by atoms with E-state index in [-0.39, 0.29) is 12.8 Å². The van der Waals surface area contributed by atoms with Crippen LogP contribution in [0, 0.1) is 0 Å². The monoisotopic (exact) mass is 266 g/mol. The molecule has 2 heterocycles. The minimum atomic E-state index is -0.492. The number of rotatable bonds is 4. The Hall–Kier alpha value is -1.46. The molecule has 5 heteroatoms. The molecule has 17 heavy (non-hydrogen) atoms. The molecule has 0 saturated heterocycles. The van der Waals surface area contributed by atoms with Crippen LogP contribution in [0.15, 0.2) is 35.0 Å². The van der Waals surface area contributed by atoms with Crippen LogP contribution in [0.4, 0.5) is 0 Å². The predicted octanol–water partition coefficient (Wildman–Crippen LogP) is 2.66. The lowest BCUT2D eigenvalue weighted by Crippen LogP contribution is -2.15. The van der Waals surface area contributed by atoms with Gasteiger partial charge in [-0.3, -0.25) is 9.59 Å². The zero-order valence-corrected chi connectivity index (χ0v) is 10.6. The van der Waals surface area contributed by atoms with E-state index in [1.807, 2.05) is 35.0 Å². The van der Waals surface area contributed by atoms with Crippen molar-refractivity contribution in [1.82, 2.24) is 0 Å². The van der Waals surface area contributed by atoms with Crippen molar-refractivity contribution in [3.8, 4) is 0 Å². The molecule has 0 spiro atoms. The Kier molecular flexibility index (Phi) is 4.06. The van der Waals surface area contributed by atoms with Crippen LogP contribution >= 0.6 is 22.7 Å². The first-order valence-electron chi connectivity index (χ1n) is 5.02. The summed E-state index contributed by atoms with van der Waals surface area (Å²) in [7, 11) is 0. The molecule has 2 aromatic heterocycles. The van der Waals surface area contributed by atoms with Gasteiger partial charge < -0.3 is 4.74 Å². The molecule has 88 valence electrons. The smallest absolute Gasteiger partial charge is 0.318 e. The standard InChI is InChI=1S/C12H10O3S2/c13-11(7-9-3-1-5-16-9)15-12(14)8-10-4-2-6-17-10/h1-6H,7-8H2. The summed E-state index contributed by atoms with van der Waals surface area (Å²) < 4.78 is 4.73. The van der Waals surface area contributed by atoms with E-state index >= 15 is 0 Å². The van der Waals surface area contributed by atoms with Gasteiger partial charge in [0.05, 0.1) is 12.8 Å². The minimum absolute atomic E-state index is 0.161. The minimum Gasteiger partial charge on any atom is -0.393 e. The molecule has 0 amide bonds. The highest BCUT2D eigenvalue weighted by Gasteiger charge is 2.12. The average Bonchev–Trinajstić information content (AvgIpc) is 2.90. The van der Waals surface area contributed by atoms with Crippen molar-refractivity contribution in [3.05, 3.63) is 44.8 Å². The normalized spacial score (nSPS) is 10.1. The maximum absolute atomic E-state index is 11.4. The highest BCUT2D eigenvalue weighted by atomic mass is 32.1. The lowest BCUT2D eigenvalue weighted by molar-refractivity contribution is -0.158. The third-order valence-corrected chi connectivity index (χ3v) is 3.78. The molecule has 0 aromatic carbocycles. The molecular formula is C12H10O3S2. The fourth-order valence-corrected chi connectivity index (χ4v) is 2.69. The third-order valence-electron chi connectivity index (χ3n) is 2.03. The van der Waals surface area contributed by atoms with Gasteiger partial charge in [-0.1, -0.05) is 12.1 Å². The lowest BCUT2D eigenvalue weighted by Gasteiger charge is -2.00. The Balaban J connectivity index is 1.80. The van der Waals surface area contributed by atoms with Gasteiger partial charge in [0, 0.05) is 9.75 Å². The van der Waals surface area contributed by atoms with Gasteiger partial charge >= 0.3 is 11.9 Å². The van der Waals surface area contributed by atoms with Crippen LogP contribution in [0.3, 0.4) is 0 Å². The molecule has 0 radical (unpaired) electrons. The molecule has 0 bridgehead atoms. The molecule has 0 saturated carbocycles. The molecule has 0 N–H and O–H groups in total. The van der Waals surface area contributed by atoms with Crippen LogP contribution in [0.5, 0.6) is 0 Å². The molecular weight excluding hydrogens is 256 g/mol. The average molecular weight is 266 g/mol. The summed E-state index contributed by atoms with van der Waals surface area (Å²) in [5.41, 5.74) is 0. The van der Waals surface area contributed by atoms with E-state index in [1.165, 1.54) is 22.7 Å². The van der Waals surface area contributed by atoms with Crippen molar-refractivity contribution < 1.29 is 14.3 Å². The SMILES string of the molecule is O=C(Cc1cccs1)OC(=O)Cc1cccs1. The van der Waals surface area contributed by atoms with E-state index in [4.69, 9.17) is 4.74 Å². The third kappa shape index (κ3) is 3.80. The van der Waals surface area contributed by atoms with E-state index in [1.54, 1.807) is 0 Å². The summed E-state index contributed by atoms with van der Waals surface area (Å²) in [5.74, 6) is -0.983. The highest BCUT2D eigenvalue weighted by Crippen LogP contribution is 2.12. The Morgan fingerprint density at radius 3 is 1.76 bits per heavy atom. The van der Waals surface area contributed by atoms with Crippen molar-refractivity contribution in [1.29, 1.82) is 0 Å².